The molecule has 27 heavy (non-hydrogen) atoms. The van der Waals surface area contributed by atoms with Crippen LogP contribution in [0.5, 0.6) is 0 Å². The molecule has 1 saturated heterocycles. The van der Waals surface area contributed by atoms with Crippen LogP contribution in [0, 0.1) is 5.82 Å². The van der Waals surface area contributed by atoms with Crippen molar-refractivity contribution >= 4 is 11.8 Å². The van der Waals surface area contributed by atoms with Gasteiger partial charge in [0.1, 0.15) is 18.4 Å². The van der Waals surface area contributed by atoms with E-state index in [1.807, 2.05) is 9.80 Å². The Balaban J connectivity index is 1.67. The van der Waals surface area contributed by atoms with Gasteiger partial charge in [-0.25, -0.2) is 4.39 Å². The van der Waals surface area contributed by atoms with Gasteiger partial charge in [-0.1, -0.05) is 50.7 Å². The first-order valence-electron chi connectivity index (χ1n) is 10.5. The van der Waals surface area contributed by atoms with Crippen molar-refractivity contribution in [1.82, 2.24) is 9.80 Å². The molecule has 2 amide bonds. The van der Waals surface area contributed by atoms with E-state index in [1.54, 1.807) is 12.1 Å². The van der Waals surface area contributed by atoms with E-state index in [1.165, 1.54) is 25.0 Å². The molecule has 1 atom stereocenters. The summed E-state index contributed by atoms with van der Waals surface area (Å²) < 4.78 is 13.5. The molecule has 0 bridgehead atoms. The molecule has 1 unspecified atom stereocenters. The Bertz CT molecular complexity index is 678. The van der Waals surface area contributed by atoms with E-state index in [0.717, 1.165) is 56.9 Å². The molecule has 2 saturated carbocycles. The monoisotopic (exact) mass is 372 g/mol. The molecule has 0 N–H and O–H groups in total. The fraction of sp³-hybridized carbons (Fsp3) is 0.636. The predicted molar refractivity (Wildman–Crippen MR) is 101 cm³/mol. The Hall–Kier alpha value is -1.91. The van der Waals surface area contributed by atoms with E-state index in [2.05, 4.69) is 0 Å². The summed E-state index contributed by atoms with van der Waals surface area (Å²) in [6, 6.07) is 5.83. The third kappa shape index (κ3) is 3.74. The smallest absolute Gasteiger partial charge is 0.250 e. The van der Waals surface area contributed by atoms with E-state index in [-0.39, 0.29) is 36.3 Å². The minimum absolute atomic E-state index is 0.0266. The highest BCUT2D eigenvalue weighted by molar-refractivity contribution is 5.96. The van der Waals surface area contributed by atoms with Crippen LogP contribution in [0.2, 0.25) is 0 Å². The van der Waals surface area contributed by atoms with Gasteiger partial charge in [0.15, 0.2) is 0 Å². The zero-order valence-corrected chi connectivity index (χ0v) is 15.9. The fourth-order valence-corrected chi connectivity index (χ4v) is 5.15. The molecular formula is C22H29FN2O2. The van der Waals surface area contributed by atoms with Gasteiger partial charge in [-0.15, -0.1) is 0 Å². The number of piperazine rings is 1. The zero-order valence-electron chi connectivity index (χ0n) is 15.9. The summed E-state index contributed by atoms with van der Waals surface area (Å²) >= 11 is 0. The number of hydrogen-bond acceptors (Lipinski definition) is 2. The maximum absolute atomic E-state index is 13.5. The minimum Gasteiger partial charge on any atom is -0.328 e. The summed E-state index contributed by atoms with van der Waals surface area (Å²) in [5.74, 6) is -0.234. The van der Waals surface area contributed by atoms with Crippen molar-refractivity contribution in [3.8, 4) is 0 Å². The van der Waals surface area contributed by atoms with Crippen molar-refractivity contribution in [2.75, 3.05) is 6.54 Å². The molecule has 4 nitrogen and oxygen atoms in total. The number of amides is 2. The van der Waals surface area contributed by atoms with Gasteiger partial charge in [0, 0.05) is 12.1 Å². The van der Waals surface area contributed by atoms with E-state index < -0.39 is 6.04 Å². The van der Waals surface area contributed by atoms with Crippen molar-refractivity contribution in [3.05, 3.63) is 35.6 Å². The number of carbonyl (C=O) groups is 2. The van der Waals surface area contributed by atoms with Gasteiger partial charge >= 0.3 is 0 Å². The summed E-state index contributed by atoms with van der Waals surface area (Å²) in [5, 5.41) is 0. The van der Waals surface area contributed by atoms with Crippen LogP contribution < -0.4 is 0 Å². The van der Waals surface area contributed by atoms with Crippen LogP contribution in [-0.4, -0.2) is 40.2 Å². The van der Waals surface area contributed by atoms with Gasteiger partial charge < -0.3 is 9.80 Å². The van der Waals surface area contributed by atoms with Crippen LogP contribution in [0.3, 0.4) is 0 Å². The van der Waals surface area contributed by atoms with Crippen LogP contribution in [0.4, 0.5) is 4.39 Å². The molecule has 3 aliphatic rings. The third-order valence-corrected chi connectivity index (χ3v) is 6.56. The van der Waals surface area contributed by atoms with Crippen molar-refractivity contribution < 1.29 is 14.0 Å². The molecule has 1 heterocycles. The number of benzene rings is 1. The lowest BCUT2D eigenvalue weighted by Crippen LogP contribution is -2.61. The molecule has 146 valence electrons. The van der Waals surface area contributed by atoms with Gasteiger partial charge in [-0.3, -0.25) is 9.59 Å². The lowest BCUT2D eigenvalue weighted by atomic mass is 9.88. The van der Waals surface area contributed by atoms with Crippen molar-refractivity contribution in [1.29, 1.82) is 0 Å². The zero-order chi connectivity index (χ0) is 18.8. The van der Waals surface area contributed by atoms with Crippen LogP contribution in [-0.2, 0) is 9.59 Å². The van der Waals surface area contributed by atoms with Crippen molar-refractivity contribution in [2.24, 2.45) is 0 Å². The third-order valence-electron chi connectivity index (χ3n) is 6.56. The first kappa shape index (κ1) is 18.5. The summed E-state index contributed by atoms with van der Waals surface area (Å²) in [7, 11) is 0. The Kier molecular flexibility index (Phi) is 5.46. The quantitative estimate of drug-likeness (QED) is 0.798. The summed E-state index contributed by atoms with van der Waals surface area (Å²) in [6.45, 7) is 0.206. The lowest BCUT2D eigenvalue weighted by molar-refractivity contribution is -0.162. The highest BCUT2D eigenvalue weighted by atomic mass is 19.1. The molecule has 0 aromatic heterocycles. The van der Waals surface area contributed by atoms with E-state index in [9.17, 15) is 14.0 Å². The number of halogens is 1. The van der Waals surface area contributed by atoms with E-state index in [0.29, 0.717) is 0 Å². The van der Waals surface area contributed by atoms with Crippen molar-refractivity contribution in [3.63, 3.8) is 0 Å². The average Bonchev–Trinajstić information content (AvgIpc) is 2.71. The normalized spacial score (nSPS) is 25.9. The number of hydrogen-bond donors (Lipinski definition) is 0. The predicted octanol–water partition coefficient (Wildman–Crippen LogP) is 4.20. The van der Waals surface area contributed by atoms with Gasteiger partial charge in [-0.05, 0) is 43.4 Å². The molecule has 3 fully saturated rings. The lowest BCUT2D eigenvalue weighted by Gasteiger charge is -2.48. The number of nitrogens with zero attached hydrogens (tertiary/aromatic N) is 2. The van der Waals surface area contributed by atoms with Gasteiger partial charge in [0.05, 0.1) is 0 Å². The highest BCUT2D eigenvalue weighted by Crippen LogP contribution is 2.36. The molecule has 5 heteroatoms. The first-order valence-corrected chi connectivity index (χ1v) is 10.5. The standard InChI is InChI=1S/C22H29FN2O2/c23-17-13-11-16(12-14-17)21-22(27)24(18-7-3-1-4-8-18)15-20(26)25(21)19-9-5-2-6-10-19/h11-14,18-19,21H,1-10,15H2. The number of rotatable bonds is 3. The average molecular weight is 372 g/mol. The molecule has 4 rings (SSSR count). The van der Waals surface area contributed by atoms with Gasteiger partial charge in [0.25, 0.3) is 5.91 Å². The van der Waals surface area contributed by atoms with Crippen LogP contribution in [0.1, 0.15) is 75.8 Å². The SMILES string of the molecule is O=C1C(c2ccc(F)cc2)N(C2CCCCC2)C(=O)CN1C1CCCCC1. The summed E-state index contributed by atoms with van der Waals surface area (Å²) in [6.07, 6.45) is 10.7. The molecule has 1 aliphatic heterocycles. The molecular weight excluding hydrogens is 343 g/mol. The molecule has 1 aromatic carbocycles. The van der Waals surface area contributed by atoms with Crippen molar-refractivity contribution in [2.45, 2.75) is 82.3 Å². The van der Waals surface area contributed by atoms with Gasteiger partial charge in [0.2, 0.25) is 5.91 Å². The molecule has 0 radical (unpaired) electrons. The largest absolute Gasteiger partial charge is 0.328 e. The number of carbonyl (C=O) groups excluding carboxylic acids is 2. The van der Waals surface area contributed by atoms with Crippen LogP contribution in [0.15, 0.2) is 24.3 Å². The maximum atomic E-state index is 13.5. The second kappa shape index (κ2) is 7.99. The highest BCUT2D eigenvalue weighted by Gasteiger charge is 2.45. The summed E-state index contributed by atoms with van der Waals surface area (Å²) in [4.78, 5) is 30.4. The summed E-state index contributed by atoms with van der Waals surface area (Å²) in [5.41, 5.74) is 0.737. The Morgan fingerprint density at radius 2 is 1.33 bits per heavy atom. The second-order valence-electron chi connectivity index (χ2n) is 8.30. The van der Waals surface area contributed by atoms with Gasteiger partial charge in [-0.2, -0.15) is 0 Å². The van der Waals surface area contributed by atoms with Crippen LogP contribution in [0.25, 0.3) is 0 Å². The Morgan fingerprint density at radius 1 is 0.778 bits per heavy atom. The Morgan fingerprint density at radius 3 is 1.93 bits per heavy atom. The first-order chi connectivity index (χ1) is 13.1. The minimum atomic E-state index is -0.600. The second-order valence-corrected chi connectivity index (χ2v) is 8.30. The maximum Gasteiger partial charge on any atom is 0.250 e. The van der Waals surface area contributed by atoms with E-state index in [4.69, 9.17) is 0 Å². The van der Waals surface area contributed by atoms with E-state index >= 15 is 0 Å². The van der Waals surface area contributed by atoms with Crippen LogP contribution >= 0.6 is 0 Å². The molecule has 0 spiro atoms. The molecule has 1 aromatic rings. The molecule has 2 aliphatic carbocycles. The topological polar surface area (TPSA) is 40.6 Å². The Labute approximate surface area is 160 Å². The fourth-order valence-electron chi connectivity index (χ4n) is 5.15.